The highest BCUT2D eigenvalue weighted by molar-refractivity contribution is 7.17. The highest BCUT2D eigenvalue weighted by Crippen LogP contribution is 2.41. The lowest BCUT2D eigenvalue weighted by Gasteiger charge is -2.57. The van der Waals surface area contributed by atoms with Crippen molar-refractivity contribution in [2.24, 2.45) is 0 Å². The number of likely N-dealkylation sites (N-methyl/N-ethyl adjacent to an activating group) is 1. The van der Waals surface area contributed by atoms with Gasteiger partial charge in [0.2, 0.25) is 0 Å². The molecule has 0 saturated carbocycles. The van der Waals surface area contributed by atoms with E-state index in [1.807, 2.05) is 17.9 Å². The number of likely N-dealkylation sites (tertiary alicyclic amines) is 1. The predicted octanol–water partition coefficient (Wildman–Crippen LogP) is 3.82. The average Bonchev–Trinajstić information content (AvgIpc) is 3.45. The minimum absolute atomic E-state index is 0.250. The Bertz CT molecular complexity index is 1180. The number of rotatable bonds is 3. The van der Waals surface area contributed by atoms with Crippen molar-refractivity contribution in [1.82, 2.24) is 30.3 Å². The number of benzene rings is 1. The molecule has 1 unspecified atom stereocenters. The second kappa shape index (κ2) is 6.85. The molecule has 5 heterocycles. The molecule has 30 heavy (non-hydrogen) atoms. The van der Waals surface area contributed by atoms with Gasteiger partial charge in [0.15, 0.2) is 5.82 Å². The van der Waals surface area contributed by atoms with Gasteiger partial charge in [0, 0.05) is 36.0 Å². The molecule has 0 aliphatic carbocycles. The fourth-order valence-electron chi connectivity index (χ4n) is 5.06. The van der Waals surface area contributed by atoms with Gasteiger partial charge < -0.3 is 9.80 Å². The standard InChI is InChI=1S/C22H23N7S/c1-28-9-2-7-22(13-28)8-10-29(22)19-6-5-18(26-27-19)17-4-3-16(15-11-24-25-12-15)20-21(17)30-14-23-20/h3-6,11-12,14H,2,7-10,13H2,1H3,(H,24,25). The van der Waals surface area contributed by atoms with E-state index in [1.54, 1.807) is 11.3 Å². The number of anilines is 1. The average molecular weight is 418 g/mol. The first-order chi connectivity index (χ1) is 14.7. The molecule has 6 rings (SSSR count). The van der Waals surface area contributed by atoms with Gasteiger partial charge in [-0.2, -0.15) is 5.10 Å². The normalized spacial score (nSPS) is 22.0. The van der Waals surface area contributed by atoms with Gasteiger partial charge in [-0.1, -0.05) is 12.1 Å². The predicted molar refractivity (Wildman–Crippen MR) is 120 cm³/mol. The monoisotopic (exact) mass is 417 g/mol. The Morgan fingerprint density at radius 3 is 2.73 bits per heavy atom. The summed E-state index contributed by atoms with van der Waals surface area (Å²) < 4.78 is 1.13. The van der Waals surface area contributed by atoms with Crippen molar-refractivity contribution in [3.8, 4) is 22.4 Å². The Morgan fingerprint density at radius 2 is 2.00 bits per heavy atom. The summed E-state index contributed by atoms with van der Waals surface area (Å²) in [5.41, 5.74) is 7.22. The van der Waals surface area contributed by atoms with Crippen molar-refractivity contribution >= 4 is 27.4 Å². The molecule has 2 aliphatic rings. The molecule has 1 atom stereocenters. The van der Waals surface area contributed by atoms with E-state index >= 15 is 0 Å². The second-order valence-corrected chi connectivity index (χ2v) is 9.28. The van der Waals surface area contributed by atoms with Crippen LogP contribution in [0.1, 0.15) is 19.3 Å². The van der Waals surface area contributed by atoms with E-state index < -0.39 is 0 Å². The van der Waals surface area contributed by atoms with E-state index in [4.69, 9.17) is 0 Å². The molecular weight excluding hydrogens is 394 g/mol. The molecule has 2 aliphatic heterocycles. The van der Waals surface area contributed by atoms with Crippen LogP contribution < -0.4 is 4.90 Å². The number of piperidine rings is 1. The van der Waals surface area contributed by atoms with Crippen LogP contribution in [0, 0.1) is 0 Å². The zero-order chi connectivity index (χ0) is 20.1. The van der Waals surface area contributed by atoms with Gasteiger partial charge in [-0.25, -0.2) is 4.98 Å². The Labute approximate surface area is 178 Å². The van der Waals surface area contributed by atoms with Crippen LogP contribution in [0.4, 0.5) is 5.82 Å². The molecule has 0 amide bonds. The molecule has 2 fully saturated rings. The van der Waals surface area contributed by atoms with Gasteiger partial charge in [0.25, 0.3) is 0 Å². The van der Waals surface area contributed by atoms with Gasteiger partial charge >= 0.3 is 0 Å². The zero-order valence-electron chi connectivity index (χ0n) is 16.9. The largest absolute Gasteiger partial charge is 0.348 e. The number of nitrogens with zero attached hydrogens (tertiary/aromatic N) is 6. The molecule has 3 aromatic heterocycles. The third kappa shape index (κ3) is 2.74. The maximum Gasteiger partial charge on any atom is 0.151 e. The van der Waals surface area contributed by atoms with Crippen molar-refractivity contribution < 1.29 is 0 Å². The van der Waals surface area contributed by atoms with Crippen LogP contribution in [0.2, 0.25) is 0 Å². The molecule has 2 saturated heterocycles. The third-order valence-electron chi connectivity index (χ3n) is 6.62. The number of aromatic amines is 1. The number of H-pyrrole nitrogens is 1. The summed E-state index contributed by atoms with van der Waals surface area (Å²) in [5, 5.41) is 16.2. The van der Waals surface area contributed by atoms with Crippen LogP contribution in [0.15, 0.2) is 42.2 Å². The van der Waals surface area contributed by atoms with Crippen LogP contribution in [0.25, 0.3) is 32.6 Å². The number of hydrogen-bond donors (Lipinski definition) is 1. The van der Waals surface area contributed by atoms with Gasteiger partial charge in [0.05, 0.1) is 33.2 Å². The van der Waals surface area contributed by atoms with Crippen molar-refractivity contribution in [2.75, 3.05) is 31.6 Å². The Hall–Kier alpha value is -2.84. The number of fused-ring (bicyclic) bond motifs is 1. The number of nitrogens with one attached hydrogen (secondary N) is 1. The van der Waals surface area contributed by atoms with Crippen molar-refractivity contribution in [1.29, 1.82) is 0 Å². The summed E-state index contributed by atoms with van der Waals surface area (Å²) in [6.45, 7) is 3.38. The Kier molecular flexibility index (Phi) is 4.10. The Balaban J connectivity index is 1.33. The highest BCUT2D eigenvalue weighted by Gasteiger charge is 2.47. The highest BCUT2D eigenvalue weighted by atomic mass is 32.1. The van der Waals surface area contributed by atoms with Crippen LogP contribution in [-0.2, 0) is 0 Å². The molecule has 4 aromatic rings. The summed E-state index contributed by atoms with van der Waals surface area (Å²) in [4.78, 5) is 9.51. The van der Waals surface area contributed by atoms with Crippen molar-refractivity contribution in [2.45, 2.75) is 24.8 Å². The van der Waals surface area contributed by atoms with Gasteiger partial charge in [-0.05, 0) is 45.0 Å². The fourth-order valence-corrected chi connectivity index (χ4v) is 5.89. The molecule has 1 spiro atoms. The molecule has 8 heteroatoms. The number of hydrogen-bond acceptors (Lipinski definition) is 7. The van der Waals surface area contributed by atoms with E-state index in [9.17, 15) is 0 Å². The number of aromatic nitrogens is 5. The molecule has 7 nitrogen and oxygen atoms in total. The van der Waals surface area contributed by atoms with Crippen LogP contribution in [0.5, 0.6) is 0 Å². The summed E-state index contributed by atoms with van der Waals surface area (Å²) in [6.07, 6.45) is 7.47. The lowest BCUT2D eigenvalue weighted by Crippen LogP contribution is -2.67. The maximum absolute atomic E-state index is 4.64. The molecule has 0 bridgehead atoms. The summed E-state index contributed by atoms with van der Waals surface area (Å²) in [6, 6.07) is 8.45. The molecular formula is C22H23N7S. The fraction of sp³-hybridized carbons (Fsp3) is 0.364. The van der Waals surface area contributed by atoms with Crippen LogP contribution >= 0.6 is 11.3 Å². The summed E-state index contributed by atoms with van der Waals surface area (Å²) in [7, 11) is 2.22. The lowest BCUT2D eigenvalue weighted by atomic mass is 9.78. The molecule has 1 aromatic carbocycles. The van der Waals surface area contributed by atoms with E-state index in [2.05, 4.69) is 66.5 Å². The van der Waals surface area contributed by atoms with Crippen LogP contribution in [0.3, 0.4) is 0 Å². The Morgan fingerprint density at radius 1 is 1.07 bits per heavy atom. The minimum Gasteiger partial charge on any atom is -0.348 e. The van der Waals surface area contributed by atoms with E-state index in [-0.39, 0.29) is 5.54 Å². The first kappa shape index (κ1) is 18.0. The maximum atomic E-state index is 4.64. The summed E-state index contributed by atoms with van der Waals surface area (Å²) >= 11 is 1.64. The smallest absolute Gasteiger partial charge is 0.151 e. The van der Waals surface area contributed by atoms with E-state index in [0.29, 0.717) is 0 Å². The van der Waals surface area contributed by atoms with Crippen LogP contribution in [-0.4, -0.2) is 62.5 Å². The first-order valence-electron chi connectivity index (χ1n) is 10.4. The first-order valence-corrected chi connectivity index (χ1v) is 11.3. The summed E-state index contributed by atoms with van der Waals surface area (Å²) in [5.74, 6) is 0.996. The topological polar surface area (TPSA) is 73.8 Å². The number of thiazole rings is 1. The van der Waals surface area contributed by atoms with Gasteiger partial charge in [-0.15, -0.1) is 21.5 Å². The SMILES string of the molecule is CN1CCCC2(CCN2c2ccc(-c3ccc(-c4cn[nH]c4)c4ncsc34)nn2)C1. The van der Waals surface area contributed by atoms with Gasteiger partial charge in [-0.3, -0.25) is 5.10 Å². The molecule has 152 valence electrons. The van der Waals surface area contributed by atoms with E-state index in [1.165, 1.54) is 25.8 Å². The quantitative estimate of drug-likeness (QED) is 0.546. The molecule has 0 radical (unpaired) electrons. The van der Waals surface area contributed by atoms with Gasteiger partial charge in [0.1, 0.15) is 0 Å². The van der Waals surface area contributed by atoms with Crippen molar-refractivity contribution in [3.63, 3.8) is 0 Å². The lowest BCUT2D eigenvalue weighted by molar-refractivity contribution is 0.122. The zero-order valence-corrected chi connectivity index (χ0v) is 17.7. The van der Waals surface area contributed by atoms with E-state index in [0.717, 1.165) is 51.5 Å². The second-order valence-electron chi connectivity index (χ2n) is 8.42. The third-order valence-corrected chi connectivity index (χ3v) is 7.48. The minimum atomic E-state index is 0.250. The molecule has 1 N–H and O–H groups in total. The van der Waals surface area contributed by atoms with Crippen molar-refractivity contribution in [3.05, 3.63) is 42.2 Å².